The Morgan fingerprint density at radius 3 is 2.68 bits per heavy atom. The van der Waals surface area contributed by atoms with Crippen molar-refractivity contribution in [1.82, 2.24) is 14.8 Å². The lowest BCUT2D eigenvalue weighted by Gasteiger charge is -2.35. The van der Waals surface area contributed by atoms with Crippen molar-refractivity contribution in [3.63, 3.8) is 0 Å². The second kappa shape index (κ2) is 5.55. The van der Waals surface area contributed by atoms with Crippen LogP contribution < -0.4 is 4.90 Å². The van der Waals surface area contributed by atoms with Crippen molar-refractivity contribution in [2.75, 3.05) is 18.5 Å². The average molecular weight is 340 g/mol. The van der Waals surface area contributed by atoms with Crippen molar-refractivity contribution in [3.8, 4) is 0 Å². The first-order chi connectivity index (χ1) is 10.4. The summed E-state index contributed by atoms with van der Waals surface area (Å²) in [5, 5.41) is 18.3. The molecule has 0 spiro atoms. The highest BCUT2D eigenvalue weighted by atomic mass is 35.5. The summed E-state index contributed by atoms with van der Waals surface area (Å²) in [6.45, 7) is -0.255. The van der Waals surface area contributed by atoms with Crippen molar-refractivity contribution in [2.24, 2.45) is 7.05 Å². The average Bonchev–Trinajstić information content (AvgIpc) is 2.78. The number of fused-ring (bicyclic) bond motifs is 1. The zero-order valence-corrected chi connectivity index (χ0v) is 13.5. The van der Waals surface area contributed by atoms with E-state index in [0.29, 0.717) is 27.0 Å². The van der Waals surface area contributed by atoms with Crippen LogP contribution in [0.4, 0.5) is 5.82 Å². The van der Waals surface area contributed by atoms with Gasteiger partial charge in [-0.1, -0.05) is 29.3 Å². The molecule has 1 amide bonds. The first kappa shape index (κ1) is 15.3. The van der Waals surface area contributed by atoms with Crippen LogP contribution in [0.1, 0.15) is 17.2 Å². The standard InChI is InChI=1S/C14H13Cl2N4O2/c1-18-12(21)7-20(22)13(10-6-17-19(2)14(10)18)9-4-3-8(15)5-11(9)16/h3-6,13H,7H2,1-2H3/q-1. The number of likely N-dealkylation sites (N-methyl/N-ethyl adjacent to an activating group) is 1. The van der Waals surface area contributed by atoms with Crippen LogP contribution >= 0.6 is 23.2 Å². The summed E-state index contributed by atoms with van der Waals surface area (Å²) in [6, 6.07) is 4.25. The molecule has 0 aliphatic carbocycles. The van der Waals surface area contributed by atoms with Crippen LogP contribution in [0.25, 0.3) is 0 Å². The molecule has 22 heavy (non-hydrogen) atoms. The lowest BCUT2D eigenvalue weighted by Crippen LogP contribution is -2.34. The smallest absolute Gasteiger partial charge is 0.241 e. The van der Waals surface area contributed by atoms with Gasteiger partial charge < -0.3 is 10.3 Å². The van der Waals surface area contributed by atoms with Gasteiger partial charge in [0.15, 0.2) is 0 Å². The molecular weight excluding hydrogens is 327 g/mol. The van der Waals surface area contributed by atoms with E-state index in [1.54, 1.807) is 43.2 Å². The lowest BCUT2D eigenvalue weighted by atomic mass is 10.0. The molecular formula is C14H13Cl2N4O2-. The molecule has 2 heterocycles. The molecule has 0 fully saturated rings. The molecule has 1 aliphatic rings. The minimum atomic E-state index is -0.706. The summed E-state index contributed by atoms with van der Waals surface area (Å²) < 4.78 is 1.57. The molecule has 1 aromatic heterocycles. The van der Waals surface area contributed by atoms with E-state index in [1.807, 2.05) is 0 Å². The number of hydrogen-bond acceptors (Lipinski definition) is 4. The van der Waals surface area contributed by atoms with Gasteiger partial charge in [-0.3, -0.25) is 14.4 Å². The van der Waals surface area contributed by atoms with E-state index in [2.05, 4.69) is 5.10 Å². The van der Waals surface area contributed by atoms with Crippen LogP contribution in [0, 0.1) is 5.21 Å². The van der Waals surface area contributed by atoms with Crippen LogP contribution in [-0.2, 0) is 11.8 Å². The number of halogens is 2. The highest BCUT2D eigenvalue weighted by Gasteiger charge is 2.32. The van der Waals surface area contributed by atoms with Crippen LogP contribution in [0.15, 0.2) is 24.4 Å². The molecule has 8 heteroatoms. The maximum absolute atomic E-state index is 12.5. The third-order valence-corrected chi connectivity index (χ3v) is 4.32. The second-order valence-corrected chi connectivity index (χ2v) is 5.99. The number of hydroxylamine groups is 2. The number of benzene rings is 1. The summed E-state index contributed by atoms with van der Waals surface area (Å²) >= 11 is 12.2. The Morgan fingerprint density at radius 2 is 2.00 bits per heavy atom. The fourth-order valence-corrected chi connectivity index (χ4v) is 3.21. The largest absolute Gasteiger partial charge is 0.784 e. The van der Waals surface area contributed by atoms with Crippen LogP contribution in [0.2, 0.25) is 10.0 Å². The normalized spacial score (nSPS) is 19.2. The minimum Gasteiger partial charge on any atom is -0.784 e. The van der Waals surface area contributed by atoms with Crippen LogP contribution in [0.5, 0.6) is 0 Å². The molecule has 0 saturated carbocycles. The van der Waals surface area contributed by atoms with Crippen LogP contribution in [-0.4, -0.2) is 34.3 Å². The van der Waals surface area contributed by atoms with Crippen molar-refractivity contribution in [1.29, 1.82) is 0 Å². The summed E-state index contributed by atoms with van der Waals surface area (Å²) in [6.07, 6.45) is 1.59. The molecule has 2 aromatic rings. The molecule has 116 valence electrons. The van der Waals surface area contributed by atoms with Gasteiger partial charge in [0, 0.05) is 29.7 Å². The first-order valence-corrected chi connectivity index (χ1v) is 7.33. The summed E-state index contributed by atoms with van der Waals surface area (Å²) in [5.41, 5.74) is 1.23. The Morgan fingerprint density at radius 1 is 1.27 bits per heavy atom. The number of rotatable bonds is 1. The van der Waals surface area contributed by atoms with E-state index in [0.717, 1.165) is 5.06 Å². The Labute approximate surface area is 137 Å². The molecule has 1 aliphatic heterocycles. The van der Waals surface area contributed by atoms with Gasteiger partial charge in [-0.15, -0.1) is 0 Å². The van der Waals surface area contributed by atoms with Gasteiger partial charge >= 0.3 is 0 Å². The number of anilines is 1. The number of hydrogen-bond donors (Lipinski definition) is 0. The van der Waals surface area contributed by atoms with Gasteiger partial charge in [0.05, 0.1) is 18.8 Å². The number of nitrogens with zero attached hydrogens (tertiary/aromatic N) is 4. The first-order valence-electron chi connectivity index (χ1n) is 6.57. The highest BCUT2D eigenvalue weighted by molar-refractivity contribution is 6.35. The molecule has 1 aromatic carbocycles. The highest BCUT2D eigenvalue weighted by Crippen LogP contribution is 2.39. The van der Waals surface area contributed by atoms with Gasteiger partial charge in [-0.05, 0) is 17.7 Å². The van der Waals surface area contributed by atoms with Gasteiger partial charge in [-0.2, -0.15) is 5.10 Å². The van der Waals surface area contributed by atoms with E-state index < -0.39 is 6.04 Å². The maximum Gasteiger partial charge on any atom is 0.241 e. The number of aryl methyl sites for hydroxylation is 1. The van der Waals surface area contributed by atoms with Crippen LogP contribution in [0.3, 0.4) is 0 Å². The fraction of sp³-hybridized carbons (Fsp3) is 0.286. The zero-order chi connectivity index (χ0) is 16.0. The van der Waals surface area contributed by atoms with E-state index in [-0.39, 0.29) is 12.5 Å². The third kappa shape index (κ3) is 2.38. The third-order valence-electron chi connectivity index (χ3n) is 3.76. The van der Waals surface area contributed by atoms with Crippen molar-refractivity contribution in [2.45, 2.75) is 6.04 Å². The molecule has 1 unspecified atom stereocenters. The van der Waals surface area contributed by atoms with E-state index in [1.165, 1.54) is 4.90 Å². The summed E-state index contributed by atoms with van der Waals surface area (Å²) in [4.78, 5) is 13.6. The Kier molecular flexibility index (Phi) is 3.86. The van der Waals surface area contributed by atoms with Gasteiger partial charge in [0.2, 0.25) is 5.91 Å². The summed E-state index contributed by atoms with van der Waals surface area (Å²) in [5.74, 6) is 0.284. The number of aromatic nitrogens is 2. The Bertz CT molecular complexity index is 746. The Hall–Kier alpha value is -1.60. The molecule has 0 saturated heterocycles. The van der Waals surface area contributed by atoms with Crippen molar-refractivity contribution < 1.29 is 4.79 Å². The second-order valence-electron chi connectivity index (χ2n) is 5.14. The molecule has 0 N–H and O–H groups in total. The Balaban J connectivity index is 2.21. The van der Waals surface area contributed by atoms with Crippen molar-refractivity contribution >= 4 is 34.9 Å². The molecule has 0 radical (unpaired) electrons. The number of carbonyl (C=O) groups excluding carboxylic acids is 1. The monoisotopic (exact) mass is 339 g/mol. The van der Waals surface area contributed by atoms with E-state index in [4.69, 9.17) is 23.2 Å². The topological polar surface area (TPSA) is 64.4 Å². The zero-order valence-electron chi connectivity index (χ0n) is 12.0. The predicted molar refractivity (Wildman–Crippen MR) is 85.0 cm³/mol. The number of carbonyl (C=O) groups is 1. The minimum absolute atomic E-state index is 0.255. The maximum atomic E-state index is 12.5. The van der Waals surface area contributed by atoms with E-state index >= 15 is 0 Å². The summed E-state index contributed by atoms with van der Waals surface area (Å²) in [7, 11) is 3.35. The molecule has 6 nitrogen and oxygen atoms in total. The van der Waals surface area contributed by atoms with E-state index in [9.17, 15) is 10.0 Å². The molecule has 1 atom stereocenters. The fourth-order valence-electron chi connectivity index (χ4n) is 2.70. The lowest BCUT2D eigenvalue weighted by molar-refractivity contribution is -0.119. The SMILES string of the molecule is CN1C(=O)CN([O-])C(c2ccc(Cl)cc2Cl)c2cnn(C)c21. The van der Waals surface area contributed by atoms with Gasteiger partial charge in [0.25, 0.3) is 0 Å². The van der Waals surface area contributed by atoms with Gasteiger partial charge in [0.1, 0.15) is 5.82 Å². The quantitative estimate of drug-likeness (QED) is 0.800. The van der Waals surface area contributed by atoms with Crippen molar-refractivity contribution in [3.05, 3.63) is 50.8 Å². The molecule has 0 bridgehead atoms. The van der Waals surface area contributed by atoms with Gasteiger partial charge in [-0.25, -0.2) is 0 Å². The molecule has 3 rings (SSSR count). The number of amides is 1. The predicted octanol–water partition coefficient (Wildman–Crippen LogP) is 2.59.